The third-order valence-corrected chi connectivity index (χ3v) is 6.14. The van der Waals surface area contributed by atoms with E-state index < -0.39 is 24.0 Å². The molecule has 0 aliphatic carbocycles. The Morgan fingerprint density at radius 3 is 2.61 bits per heavy atom. The first-order chi connectivity index (χ1) is 15.7. The molecule has 8 heteroatoms. The van der Waals surface area contributed by atoms with Gasteiger partial charge in [0.1, 0.15) is 5.82 Å². The molecule has 2 aromatic heterocycles. The molecule has 0 aliphatic rings. The van der Waals surface area contributed by atoms with E-state index in [0.717, 1.165) is 5.56 Å². The van der Waals surface area contributed by atoms with Crippen LogP contribution in [0.4, 0.5) is 17.6 Å². The molecule has 0 fully saturated rings. The molecular formula is C25H18F4N2OS. The van der Waals surface area contributed by atoms with Crippen molar-refractivity contribution in [1.82, 2.24) is 4.57 Å². The lowest BCUT2D eigenvalue weighted by Gasteiger charge is -2.29. The summed E-state index contributed by atoms with van der Waals surface area (Å²) in [6.45, 7) is 0.0713. The molecule has 0 bridgehead atoms. The average molecular weight is 470 g/mol. The van der Waals surface area contributed by atoms with E-state index in [9.17, 15) is 27.9 Å². The highest BCUT2D eigenvalue weighted by molar-refractivity contribution is 7.08. The van der Waals surface area contributed by atoms with E-state index in [2.05, 4.69) is 0 Å². The Balaban J connectivity index is 1.84. The van der Waals surface area contributed by atoms with Crippen LogP contribution >= 0.6 is 11.3 Å². The fourth-order valence-corrected chi connectivity index (χ4v) is 4.40. The summed E-state index contributed by atoms with van der Waals surface area (Å²) in [5.41, 5.74) is -1.58. The number of aromatic nitrogens is 1. The molecule has 0 saturated carbocycles. The number of rotatable bonds is 6. The summed E-state index contributed by atoms with van der Waals surface area (Å²) in [6.07, 6.45) is -1.58. The molecule has 1 atom stereocenters. The molecule has 168 valence electrons. The Morgan fingerprint density at radius 1 is 1.12 bits per heavy atom. The molecule has 0 saturated heterocycles. The topological polar surface area (TPSA) is 48.9 Å². The summed E-state index contributed by atoms with van der Waals surface area (Å²) in [6, 6.07) is 13.8. The lowest BCUT2D eigenvalue weighted by Crippen LogP contribution is -2.41. The number of alkyl halides is 3. The Hall–Kier alpha value is -3.41. The van der Waals surface area contributed by atoms with Crippen molar-refractivity contribution < 1.29 is 22.7 Å². The predicted octanol–water partition coefficient (Wildman–Crippen LogP) is 6.62. The first kappa shape index (κ1) is 22.8. The summed E-state index contributed by atoms with van der Waals surface area (Å²) in [7, 11) is 0. The van der Waals surface area contributed by atoms with E-state index in [-0.39, 0.29) is 23.1 Å². The van der Waals surface area contributed by atoms with E-state index in [1.807, 2.05) is 11.4 Å². The first-order valence-electron chi connectivity index (χ1n) is 9.97. The predicted molar refractivity (Wildman–Crippen MR) is 120 cm³/mol. The molecule has 0 radical (unpaired) electrons. The van der Waals surface area contributed by atoms with Gasteiger partial charge in [-0.2, -0.15) is 29.8 Å². The number of benzene rings is 2. The molecule has 3 nitrogen and oxygen atoms in total. The van der Waals surface area contributed by atoms with Gasteiger partial charge in [0.05, 0.1) is 17.1 Å². The van der Waals surface area contributed by atoms with Gasteiger partial charge >= 0.3 is 6.18 Å². The maximum atomic E-state index is 14.2. The van der Waals surface area contributed by atoms with Crippen molar-refractivity contribution in [1.29, 1.82) is 5.26 Å². The number of thiophene rings is 1. The number of halogens is 4. The van der Waals surface area contributed by atoms with Crippen molar-refractivity contribution in [2.24, 2.45) is 0 Å². The number of hydrogen-bond acceptors (Lipinski definition) is 3. The van der Waals surface area contributed by atoms with Crippen molar-refractivity contribution in [2.45, 2.75) is 24.7 Å². The van der Waals surface area contributed by atoms with Crippen LogP contribution in [0, 0.1) is 17.1 Å². The molecule has 1 unspecified atom stereocenters. The molecule has 2 heterocycles. The van der Waals surface area contributed by atoms with E-state index in [4.69, 9.17) is 0 Å². The van der Waals surface area contributed by atoms with Gasteiger partial charge in [-0.15, -0.1) is 0 Å². The number of nitriles is 1. The molecule has 1 N–H and O–H groups in total. The van der Waals surface area contributed by atoms with Crippen LogP contribution in [0.2, 0.25) is 0 Å². The third kappa shape index (κ3) is 4.56. The summed E-state index contributed by atoms with van der Waals surface area (Å²) < 4.78 is 57.8. The molecule has 4 aromatic rings. The minimum absolute atomic E-state index is 0.0713. The van der Waals surface area contributed by atoms with Gasteiger partial charge in [-0.1, -0.05) is 30.4 Å². The summed E-state index contributed by atoms with van der Waals surface area (Å²) in [4.78, 5) is 0. The Labute approximate surface area is 191 Å². The molecule has 0 amide bonds. The van der Waals surface area contributed by atoms with E-state index in [1.165, 1.54) is 70.7 Å². The van der Waals surface area contributed by atoms with Gasteiger partial charge in [0.2, 0.25) is 0 Å². The smallest absolute Gasteiger partial charge is 0.376 e. The Morgan fingerprint density at radius 2 is 1.94 bits per heavy atom. The van der Waals surface area contributed by atoms with Crippen LogP contribution in [0.1, 0.15) is 28.7 Å². The van der Waals surface area contributed by atoms with Gasteiger partial charge in [0.15, 0.2) is 5.60 Å². The lowest BCUT2D eigenvalue weighted by molar-refractivity contribution is -0.264. The Kier molecular flexibility index (Phi) is 6.11. The van der Waals surface area contributed by atoms with Crippen LogP contribution < -0.4 is 0 Å². The second kappa shape index (κ2) is 8.85. The second-order valence-corrected chi connectivity index (χ2v) is 8.45. The quantitative estimate of drug-likeness (QED) is 0.322. The Bertz CT molecular complexity index is 1350. The van der Waals surface area contributed by atoms with Crippen molar-refractivity contribution >= 4 is 28.3 Å². The average Bonchev–Trinajstić information content (AvgIpc) is 3.41. The van der Waals surface area contributed by atoms with Gasteiger partial charge in [-0.05, 0) is 52.2 Å². The molecule has 4 rings (SSSR count). The molecule has 0 aliphatic heterocycles. The van der Waals surface area contributed by atoms with Crippen LogP contribution in [-0.2, 0) is 12.1 Å². The van der Waals surface area contributed by atoms with Crippen molar-refractivity contribution in [3.05, 3.63) is 99.6 Å². The monoisotopic (exact) mass is 470 g/mol. The van der Waals surface area contributed by atoms with Gasteiger partial charge in [-0.3, -0.25) is 0 Å². The molecular weight excluding hydrogens is 452 g/mol. The molecule has 33 heavy (non-hydrogen) atoms. The van der Waals surface area contributed by atoms with Gasteiger partial charge < -0.3 is 9.67 Å². The fourth-order valence-electron chi connectivity index (χ4n) is 3.77. The largest absolute Gasteiger partial charge is 0.421 e. The maximum absolute atomic E-state index is 14.2. The number of aliphatic hydroxyl groups is 1. The van der Waals surface area contributed by atoms with E-state index in [0.29, 0.717) is 11.1 Å². The van der Waals surface area contributed by atoms with Crippen molar-refractivity contribution in [3.8, 4) is 6.07 Å². The zero-order valence-electron chi connectivity index (χ0n) is 17.2. The zero-order valence-corrected chi connectivity index (χ0v) is 18.0. The van der Waals surface area contributed by atoms with E-state index in [1.54, 1.807) is 17.5 Å². The summed E-state index contributed by atoms with van der Waals surface area (Å²) in [5, 5.41) is 24.0. The number of hydrogen-bond donors (Lipinski definition) is 1. The highest BCUT2D eigenvalue weighted by Crippen LogP contribution is 2.45. The fraction of sp³-hybridized carbons (Fsp3) is 0.160. The van der Waals surface area contributed by atoms with Crippen LogP contribution in [0.25, 0.3) is 17.0 Å². The molecule has 2 aromatic carbocycles. The minimum atomic E-state index is -4.96. The van der Waals surface area contributed by atoms with Crippen LogP contribution in [-0.4, -0.2) is 15.8 Å². The number of fused-ring (bicyclic) bond motifs is 1. The SMILES string of the molecule is N#Cc1ccc2c(C(O)(CC=Cc3ccsc3)C(F)(F)F)cn(Cc3cccc(F)c3)c2c1. The first-order valence-corrected chi connectivity index (χ1v) is 10.9. The van der Waals surface area contributed by atoms with Gasteiger partial charge in [-0.25, -0.2) is 4.39 Å². The standard InChI is InChI=1S/C25H18F4N2OS/c26-20-5-1-3-19(11-20)14-31-15-22(21-7-6-18(13-30)12-23(21)31)24(32,25(27,28)29)9-2-4-17-8-10-33-16-17/h1-8,10-12,15-16,32H,9,14H2. The second-order valence-electron chi connectivity index (χ2n) is 7.67. The van der Waals surface area contributed by atoms with Crippen LogP contribution in [0.5, 0.6) is 0 Å². The third-order valence-electron chi connectivity index (χ3n) is 5.43. The van der Waals surface area contributed by atoms with Gasteiger partial charge in [0, 0.05) is 30.1 Å². The maximum Gasteiger partial charge on any atom is 0.421 e. The number of nitrogens with zero attached hydrogens (tertiary/aromatic N) is 2. The van der Waals surface area contributed by atoms with E-state index >= 15 is 0 Å². The summed E-state index contributed by atoms with van der Waals surface area (Å²) >= 11 is 1.42. The van der Waals surface area contributed by atoms with Crippen molar-refractivity contribution in [3.63, 3.8) is 0 Å². The normalized spacial score (nSPS) is 13.9. The highest BCUT2D eigenvalue weighted by atomic mass is 32.1. The lowest BCUT2D eigenvalue weighted by atomic mass is 9.89. The summed E-state index contributed by atoms with van der Waals surface area (Å²) in [5.74, 6) is -0.465. The highest BCUT2D eigenvalue weighted by Gasteiger charge is 2.55. The van der Waals surface area contributed by atoms with Gasteiger partial charge in [0.25, 0.3) is 0 Å². The zero-order chi connectivity index (χ0) is 23.6. The minimum Gasteiger partial charge on any atom is -0.376 e. The molecule has 0 spiro atoms. The van der Waals surface area contributed by atoms with Crippen molar-refractivity contribution in [2.75, 3.05) is 0 Å². The van der Waals surface area contributed by atoms with Crippen LogP contribution in [0.15, 0.2) is 71.6 Å². The van der Waals surface area contributed by atoms with Crippen LogP contribution in [0.3, 0.4) is 0 Å².